The van der Waals surface area contributed by atoms with Gasteiger partial charge in [0.2, 0.25) is 0 Å². The molecule has 3 N–H and O–H groups in total. The maximum atomic E-state index is 8.76. The molecular formula is C18H21IN4O. The molecule has 0 unspecified atom stereocenters. The second-order valence-electron chi connectivity index (χ2n) is 5.33. The van der Waals surface area contributed by atoms with Gasteiger partial charge < -0.3 is 15.8 Å². The summed E-state index contributed by atoms with van der Waals surface area (Å²) in [5, 5.41) is 11.8. The Morgan fingerprint density at radius 1 is 1.17 bits per heavy atom. The molecule has 0 saturated carbocycles. The van der Waals surface area contributed by atoms with Crippen molar-refractivity contribution in [1.29, 1.82) is 5.26 Å². The van der Waals surface area contributed by atoms with Crippen LogP contribution in [0.3, 0.4) is 0 Å². The Morgan fingerprint density at radius 3 is 2.33 bits per heavy atom. The van der Waals surface area contributed by atoms with Crippen LogP contribution in [-0.4, -0.2) is 12.1 Å². The first-order chi connectivity index (χ1) is 11.1. The van der Waals surface area contributed by atoms with E-state index in [-0.39, 0.29) is 30.1 Å². The highest BCUT2D eigenvalue weighted by molar-refractivity contribution is 14.0. The number of nitrogens with two attached hydrogens (primary N) is 1. The van der Waals surface area contributed by atoms with E-state index in [2.05, 4.69) is 16.4 Å². The molecule has 6 heteroatoms. The summed E-state index contributed by atoms with van der Waals surface area (Å²) in [6.07, 6.45) is 0.146. The van der Waals surface area contributed by atoms with Gasteiger partial charge in [-0.15, -0.1) is 24.0 Å². The first kappa shape index (κ1) is 19.8. The average molecular weight is 436 g/mol. The summed E-state index contributed by atoms with van der Waals surface area (Å²) < 4.78 is 5.59. The number of hydrogen-bond donors (Lipinski definition) is 2. The lowest BCUT2D eigenvalue weighted by atomic mass is 10.1. The van der Waals surface area contributed by atoms with Gasteiger partial charge in [0.15, 0.2) is 5.96 Å². The third-order valence-electron chi connectivity index (χ3n) is 3.01. The van der Waals surface area contributed by atoms with Crippen molar-refractivity contribution in [2.75, 3.05) is 5.32 Å². The van der Waals surface area contributed by atoms with Crippen molar-refractivity contribution in [2.24, 2.45) is 10.7 Å². The number of nitriles is 1. The highest BCUT2D eigenvalue weighted by atomic mass is 127. The molecule has 0 radical (unpaired) electrons. The zero-order valence-corrected chi connectivity index (χ0v) is 16.0. The van der Waals surface area contributed by atoms with Gasteiger partial charge in [-0.25, -0.2) is 4.99 Å². The second-order valence-corrected chi connectivity index (χ2v) is 5.33. The number of hydrogen-bond acceptors (Lipinski definition) is 3. The van der Waals surface area contributed by atoms with E-state index in [9.17, 15) is 0 Å². The summed E-state index contributed by atoms with van der Waals surface area (Å²) in [5.74, 6) is 1.16. The minimum Gasteiger partial charge on any atom is -0.491 e. The normalized spacial score (nSPS) is 10.7. The molecule has 2 rings (SSSR count). The molecular weight excluding hydrogens is 415 g/mol. The van der Waals surface area contributed by atoms with Gasteiger partial charge in [0.25, 0.3) is 0 Å². The summed E-state index contributed by atoms with van der Waals surface area (Å²) in [6.45, 7) is 4.43. The van der Waals surface area contributed by atoms with E-state index in [1.54, 1.807) is 12.1 Å². The molecule has 0 spiro atoms. The highest BCUT2D eigenvalue weighted by Crippen LogP contribution is 2.16. The molecule has 5 nitrogen and oxygen atoms in total. The quantitative estimate of drug-likeness (QED) is 0.423. The SMILES string of the molecule is CC(C)Oc1ccc(NC(N)=NCc2ccc(C#N)cc2)cc1.I. The number of rotatable bonds is 5. The molecule has 0 heterocycles. The monoisotopic (exact) mass is 436 g/mol. The average Bonchev–Trinajstić information content (AvgIpc) is 2.55. The molecule has 0 fully saturated rings. The first-order valence-corrected chi connectivity index (χ1v) is 7.39. The van der Waals surface area contributed by atoms with E-state index >= 15 is 0 Å². The van der Waals surface area contributed by atoms with E-state index in [0.717, 1.165) is 17.0 Å². The lowest BCUT2D eigenvalue weighted by molar-refractivity contribution is 0.242. The molecule has 24 heavy (non-hydrogen) atoms. The van der Waals surface area contributed by atoms with Crippen LogP contribution in [-0.2, 0) is 6.54 Å². The summed E-state index contributed by atoms with van der Waals surface area (Å²) in [6, 6.07) is 16.9. The van der Waals surface area contributed by atoms with Crippen LogP contribution in [0, 0.1) is 11.3 Å². The number of aliphatic imine (C=N–C) groups is 1. The van der Waals surface area contributed by atoms with E-state index in [1.165, 1.54) is 0 Å². The number of benzene rings is 2. The van der Waals surface area contributed by atoms with Crippen molar-refractivity contribution in [3.8, 4) is 11.8 Å². The standard InChI is InChI=1S/C18H20N4O.HI/c1-13(2)23-17-9-7-16(8-10-17)22-18(20)21-12-15-5-3-14(11-19)4-6-15;/h3-10,13H,12H2,1-2H3,(H3,20,21,22);1H. The maximum Gasteiger partial charge on any atom is 0.193 e. The minimum absolute atomic E-state index is 0. The van der Waals surface area contributed by atoms with Crippen LogP contribution in [0.1, 0.15) is 25.0 Å². The van der Waals surface area contributed by atoms with Crippen LogP contribution in [0.15, 0.2) is 53.5 Å². The molecule has 0 aliphatic heterocycles. The van der Waals surface area contributed by atoms with Gasteiger partial charge in [0.05, 0.1) is 24.3 Å². The number of guanidine groups is 1. The van der Waals surface area contributed by atoms with Gasteiger partial charge in [0.1, 0.15) is 5.75 Å². The Labute approximate surface area is 159 Å². The maximum absolute atomic E-state index is 8.76. The molecule has 0 aliphatic carbocycles. The van der Waals surface area contributed by atoms with Crippen molar-refractivity contribution in [1.82, 2.24) is 0 Å². The van der Waals surface area contributed by atoms with Crippen LogP contribution in [0.25, 0.3) is 0 Å². The summed E-state index contributed by atoms with van der Waals surface area (Å²) in [4.78, 5) is 4.29. The Morgan fingerprint density at radius 2 is 1.79 bits per heavy atom. The fourth-order valence-electron chi connectivity index (χ4n) is 1.94. The molecule has 126 valence electrons. The number of halogens is 1. The van der Waals surface area contributed by atoms with E-state index in [0.29, 0.717) is 18.1 Å². The molecule has 2 aromatic rings. The van der Waals surface area contributed by atoms with Gasteiger partial charge in [-0.05, 0) is 55.8 Å². The van der Waals surface area contributed by atoms with Crippen LogP contribution < -0.4 is 15.8 Å². The molecule has 0 aromatic heterocycles. The highest BCUT2D eigenvalue weighted by Gasteiger charge is 1.99. The fourth-order valence-corrected chi connectivity index (χ4v) is 1.94. The summed E-state index contributed by atoms with van der Waals surface area (Å²) >= 11 is 0. The van der Waals surface area contributed by atoms with Gasteiger partial charge in [-0.1, -0.05) is 12.1 Å². The lowest BCUT2D eigenvalue weighted by Gasteiger charge is -2.11. The molecule has 0 bridgehead atoms. The van der Waals surface area contributed by atoms with Gasteiger partial charge in [-0.3, -0.25) is 0 Å². The number of nitrogens with one attached hydrogen (secondary N) is 1. The molecule has 0 atom stereocenters. The van der Waals surface area contributed by atoms with E-state index in [4.69, 9.17) is 15.7 Å². The van der Waals surface area contributed by atoms with Gasteiger partial charge in [-0.2, -0.15) is 5.26 Å². The molecule has 2 aromatic carbocycles. The summed E-state index contributed by atoms with van der Waals surface area (Å²) in [5.41, 5.74) is 8.36. The molecule has 0 aliphatic rings. The van der Waals surface area contributed by atoms with Crippen molar-refractivity contribution in [2.45, 2.75) is 26.5 Å². The first-order valence-electron chi connectivity index (χ1n) is 7.39. The topological polar surface area (TPSA) is 83.4 Å². The van der Waals surface area contributed by atoms with Crippen LogP contribution in [0.2, 0.25) is 0 Å². The fraction of sp³-hybridized carbons (Fsp3) is 0.222. The van der Waals surface area contributed by atoms with Crippen molar-refractivity contribution in [3.05, 3.63) is 59.7 Å². The zero-order valence-electron chi connectivity index (χ0n) is 13.7. The molecule has 0 saturated heterocycles. The van der Waals surface area contributed by atoms with Crippen molar-refractivity contribution < 1.29 is 4.74 Å². The Hall–Kier alpha value is -2.27. The number of ether oxygens (including phenoxy) is 1. The minimum atomic E-state index is 0. The van der Waals surface area contributed by atoms with E-state index < -0.39 is 0 Å². The molecule has 0 amide bonds. The van der Waals surface area contributed by atoms with Crippen LogP contribution in [0.4, 0.5) is 5.69 Å². The van der Waals surface area contributed by atoms with E-state index in [1.807, 2.05) is 50.2 Å². The van der Waals surface area contributed by atoms with Crippen molar-refractivity contribution >= 4 is 35.6 Å². The summed E-state index contributed by atoms with van der Waals surface area (Å²) in [7, 11) is 0. The van der Waals surface area contributed by atoms with Gasteiger partial charge >= 0.3 is 0 Å². The Bertz CT molecular complexity index is 703. The lowest BCUT2D eigenvalue weighted by Crippen LogP contribution is -2.22. The van der Waals surface area contributed by atoms with Gasteiger partial charge in [0, 0.05) is 5.69 Å². The smallest absolute Gasteiger partial charge is 0.193 e. The van der Waals surface area contributed by atoms with Crippen LogP contribution >= 0.6 is 24.0 Å². The Balaban J connectivity index is 0.00000288. The van der Waals surface area contributed by atoms with Crippen LogP contribution in [0.5, 0.6) is 5.75 Å². The third-order valence-corrected chi connectivity index (χ3v) is 3.01. The predicted molar refractivity (Wildman–Crippen MR) is 108 cm³/mol. The largest absolute Gasteiger partial charge is 0.491 e. The van der Waals surface area contributed by atoms with Crippen molar-refractivity contribution in [3.63, 3.8) is 0 Å². The number of anilines is 1. The number of nitrogens with zero attached hydrogens (tertiary/aromatic N) is 2. The zero-order chi connectivity index (χ0) is 16.7. The Kier molecular flexibility index (Phi) is 8.06. The third kappa shape index (κ3) is 6.46. The second kappa shape index (κ2) is 9.78. The predicted octanol–water partition coefficient (Wildman–Crippen LogP) is 3.89.